The van der Waals surface area contributed by atoms with E-state index in [-0.39, 0.29) is 0 Å². The zero-order chi connectivity index (χ0) is 74.9. The molecule has 8 aromatic heterocycles. The van der Waals surface area contributed by atoms with Crippen LogP contribution in [0.5, 0.6) is 0 Å². The van der Waals surface area contributed by atoms with Gasteiger partial charge in [-0.15, -0.1) is 45.3 Å². The summed E-state index contributed by atoms with van der Waals surface area (Å²) in [5.41, 5.74) is 17.4. The van der Waals surface area contributed by atoms with Gasteiger partial charge in [-0.25, -0.2) is 29.9 Å². The van der Waals surface area contributed by atoms with Crippen molar-refractivity contribution in [2.24, 2.45) is 0 Å². The number of nitrogens with zero attached hydrogens (tertiary/aromatic N) is 8. The van der Waals surface area contributed by atoms with Crippen LogP contribution in [0.3, 0.4) is 0 Å². The van der Waals surface area contributed by atoms with Crippen LogP contribution in [0.15, 0.2) is 364 Å². The van der Waals surface area contributed by atoms with Gasteiger partial charge in [0.05, 0.1) is 40.9 Å². The molecule has 0 spiro atoms. The summed E-state index contributed by atoms with van der Waals surface area (Å²) in [6.45, 7) is 0. The number of fused-ring (bicyclic) bond motifs is 20. The molecule has 0 fully saturated rings. The average molecular weight is 1530 g/mol. The topological polar surface area (TPSA) is 87.2 Å². The van der Waals surface area contributed by atoms with Gasteiger partial charge in [-0.05, 0) is 107 Å². The maximum absolute atomic E-state index is 5.03. The lowest BCUT2D eigenvalue weighted by Crippen LogP contribution is -2.01. The second-order valence-electron chi connectivity index (χ2n) is 28.7. The molecule has 0 unspecified atom stereocenters. The minimum absolute atomic E-state index is 0.636. The van der Waals surface area contributed by atoms with E-state index < -0.39 is 0 Å². The molecule has 12 heteroatoms. The van der Waals surface area contributed by atoms with Gasteiger partial charge >= 0.3 is 0 Å². The van der Waals surface area contributed by atoms with Gasteiger partial charge in [-0.1, -0.05) is 279 Å². The van der Waals surface area contributed by atoms with E-state index >= 15 is 0 Å². The van der Waals surface area contributed by atoms with Crippen LogP contribution in [0.1, 0.15) is 0 Å². The Morgan fingerprint density at radius 1 is 0.167 bits per heavy atom. The Balaban J connectivity index is 0.000000135. The molecule has 0 amide bonds. The van der Waals surface area contributed by atoms with Gasteiger partial charge < -0.3 is 9.13 Å². The van der Waals surface area contributed by atoms with Crippen LogP contribution in [0.4, 0.5) is 0 Å². The van der Waals surface area contributed by atoms with Crippen molar-refractivity contribution in [3.63, 3.8) is 0 Å². The molecule has 24 aromatic rings. The number of thiophene rings is 4. The lowest BCUT2D eigenvalue weighted by Gasteiger charge is -2.12. The molecule has 0 saturated carbocycles. The highest BCUT2D eigenvalue weighted by Crippen LogP contribution is 2.50. The van der Waals surface area contributed by atoms with E-state index in [0.29, 0.717) is 34.9 Å². The molecule has 0 aliphatic heterocycles. The van der Waals surface area contributed by atoms with Crippen molar-refractivity contribution in [1.29, 1.82) is 0 Å². The standard InChI is InChI=1S/2C51H30N4S2/c1-3-13-31(14-4-1)49-52-50(32-15-5-2-6-16-32)54-51(53-49)34-17-11-18-35(29-34)55-43-23-9-7-19-37(43)42-30-33(25-28-44(42)55)36-21-12-22-39-41-27-26-40-38-20-8-10-24-45(38)56-47(40)48(41)57-46(36)39;1-3-12-31(13-4-1)49-52-50(32-14-5-2-6-15-32)54-51(53-49)33-22-25-35(26-23-33)55-43-20-9-7-16-37(43)42-30-34(24-29-44(42)55)36-18-11-19-39-41-28-27-40-38-17-8-10-21-45(38)56-47(40)48(41)57-46(36)39/h2*1-30H. The summed E-state index contributed by atoms with van der Waals surface area (Å²) in [4.78, 5) is 29.8. The van der Waals surface area contributed by atoms with Crippen LogP contribution in [0.25, 0.3) is 226 Å². The van der Waals surface area contributed by atoms with Crippen molar-refractivity contribution in [3.05, 3.63) is 364 Å². The first kappa shape index (κ1) is 65.9. The molecule has 8 nitrogen and oxygen atoms in total. The molecule has 532 valence electrons. The van der Waals surface area contributed by atoms with Crippen molar-refractivity contribution >= 4 is 170 Å². The Morgan fingerprint density at radius 3 is 0.895 bits per heavy atom. The molecular weight excluding hydrogens is 1470 g/mol. The predicted molar refractivity (Wildman–Crippen MR) is 483 cm³/mol. The van der Waals surface area contributed by atoms with Gasteiger partial charge in [-0.2, -0.15) is 0 Å². The second kappa shape index (κ2) is 26.9. The molecule has 16 aromatic carbocycles. The fourth-order valence-electron chi connectivity index (χ4n) is 16.8. The number of benzene rings is 16. The molecule has 0 bridgehead atoms. The van der Waals surface area contributed by atoms with Crippen molar-refractivity contribution < 1.29 is 0 Å². The number of hydrogen-bond acceptors (Lipinski definition) is 10. The largest absolute Gasteiger partial charge is 0.309 e. The van der Waals surface area contributed by atoms with Crippen LogP contribution < -0.4 is 0 Å². The fraction of sp³-hybridized carbons (Fsp3) is 0. The van der Waals surface area contributed by atoms with E-state index in [4.69, 9.17) is 29.9 Å². The van der Waals surface area contributed by atoms with Crippen molar-refractivity contribution in [2.45, 2.75) is 0 Å². The van der Waals surface area contributed by atoms with Crippen LogP contribution in [0.2, 0.25) is 0 Å². The quantitative estimate of drug-likeness (QED) is 0.136. The summed E-state index contributed by atoms with van der Waals surface area (Å²) in [6, 6.07) is 129. The molecule has 0 aliphatic rings. The van der Waals surface area contributed by atoms with Crippen LogP contribution >= 0.6 is 45.3 Å². The normalized spacial score (nSPS) is 11.9. The highest BCUT2D eigenvalue weighted by atomic mass is 32.1. The number of para-hydroxylation sites is 2. The molecule has 0 N–H and O–H groups in total. The summed E-state index contributed by atoms with van der Waals surface area (Å²) in [6.07, 6.45) is 0. The number of hydrogen-bond donors (Lipinski definition) is 0. The third-order valence-corrected chi connectivity index (χ3v) is 27.3. The van der Waals surface area contributed by atoms with E-state index in [1.54, 1.807) is 0 Å². The summed E-state index contributed by atoms with van der Waals surface area (Å²) >= 11 is 7.67. The summed E-state index contributed by atoms with van der Waals surface area (Å²) in [5, 5.41) is 15.6. The van der Waals surface area contributed by atoms with E-state index in [2.05, 4.69) is 252 Å². The smallest absolute Gasteiger partial charge is 0.164 e. The molecular formula is C102H60N8S4. The fourth-order valence-corrected chi connectivity index (χ4v) is 22.1. The first-order chi connectivity index (χ1) is 56.5. The molecule has 0 radical (unpaired) electrons. The number of rotatable bonds is 10. The number of aromatic nitrogens is 8. The van der Waals surface area contributed by atoms with Gasteiger partial charge in [0.2, 0.25) is 0 Å². The van der Waals surface area contributed by atoms with E-state index in [9.17, 15) is 0 Å². The molecule has 0 aliphatic carbocycles. The van der Waals surface area contributed by atoms with Crippen LogP contribution in [0, 0.1) is 0 Å². The maximum atomic E-state index is 5.03. The monoisotopic (exact) mass is 1520 g/mol. The Bertz CT molecular complexity index is 7860. The van der Waals surface area contributed by atoms with Gasteiger partial charge in [-0.3, -0.25) is 0 Å². The predicted octanol–water partition coefficient (Wildman–Crippen LogP) is 28.7. The average Bonchev–Trinajstić information content (AvgIpc) is 1.58. The third kappa shape index (κ3) is 11.0. The molecule has 24 rings (SSSR count). The van der Waals surface area contributed by atoms with Gasteiger partial charge in [0.1, 0.15) is 0 Å². The van der Waals surface area contributed by atoms with Crippen LogP contribution in [-0.2, 0) is 0 Å². The van der Waals surface area contributed by atoms with Crippen molar-refractivity contribution in [1.82, 2.24) is 39.0 Å². The Kier molecular flexibility index (Phi) is 15.5. The highest BCUT2D eigenvalue weighted by Gasteiger charge is 2.23. The minimum atomic E-state index is 0.636. The minimum Gasteiger partial charge on any atom is -0.309 e. The SMILES string of the molecule is c1ccc(-c2nc(-c3ccccc3)nc(-c3ccc(-n4c5ccccc5c5cc(-c6cccc7c6sc6c7ccc7c8ccccc8sc76)ccc54)cc3)n2)cc1.c1ccc(-c2nc(-c3ccccc3)nc(-c3cccc(-n4c5ccccc5c5cc(-c6cccc7c6sc6c7ccc7c8ccccc8sc76)ccc54)c3)n2)cc1. The van der Waals surface area contributed by atoms with E-state index in [0.717, 1.165) is 55.8 Å². The summed E-state index contributed by atoms with van der Waals surface area (Å²) < 4.78 is 15.6. The lowest BCUT2D eigenvalue weighted by molar-refractivity contribution is 1.07. The first-order valence-corrected chi connectivity index (χ1v) is 41.3. The molecule has 114 heavy (non-hydrogen) atoms. The Hall–Kier alpha value is -14.0. The molecule has 0 atom stereocenters. The third-order valence-electron chi connectivity index (χ3n) is 22.1. The maximum Gasteiger partial charge on any atom is 0.164 e. The Labute approximate surface area is 669 Å². The second-order valence-corrected chi connectivity index (χ2v) is 32.9. The summed E-state index contributed by atoms with van der Waals surface area (Å²) in [5.74, 6) is 3.89. The summed E-state index contributed by atoms with van der Waals surface area (Å²) in [7, 11) is 0. The Morgan fingerprint density at radius 2 is 0.465 bits per heavy atom. The van der Waals surface area contributed by atoms with Gasteiger partial charge in [0.25, 0.3) is 0 Å². The first-order valence-electron chi connectivity index (χ1n) is 38.0. The van der Waals surface area contributed by atoms with Crippen molar-refractivity contribution in [3.8, 4) is 102 Å². The molecule has 0 saturated heterocycles. The zero-order valence-electron chi connectivity index (χ0n) is 60.9. The lowest BCUT2D eigenvalue weighted by atomic mass is 10.0. The van der Waals surface area contributed by atoms with E-state index in [1.807, 2.05) is 167 Å². The zero-order valence-corrected chi connectivity index (χ0v) is 64.1. The van der Waals surface area contributed by atoms with Gasteiger partial charge in [0, 0.05) is 128 Å². The van der Waals surface area contributed by atoms with Crippen molar-refractivity contribution in [2.75, 3.05) is 0 Å². The highest BCUT2D eigenvalue weighted by molar-refractivity contribution is 7.34. The van der Waals surface area contributed by atoms with Gasteiger partial charge in [0.15, 0.2) is 34.9 Å². The molecule has 8 heterocycles. The van der Waals surface area contributed by atoms with E-state index in [1.165, 1.54) is 136 Å². The van der Waals surface area contributed by atoms with Crippen LogP contribution in [-0.4, -0.2) is 39.0 Å².